The minimum Gasteiger partial charge on any atom is -0.462 e. The van der Waals surface area contributed by atoms with Crippen LogP contribution >= 0.6 is 0 Å². The quantitative estimate of drug-likeness (QED) is 0.517. The summed E-state index contributed by atoms with van der Waals surface area (Å²) in [6.45, 7) is 3.38. The predicted molar refractivity (Wildman–Crippen MR) is 53.9 cm³/mol. The molecule has 1 aromatic rings. The maximum atomic E-state index is 11.5. The molecule has 1 atom stereocenters. The molecule has 0 aromatic heterocycles. The van der Waals surface area contributed by atoms with Gasteiger partial charge in [-0.25, -0.2) is 4.79 Å². The number of epoxide rings is 1. The van der Waals surface area contributed by atoms with Crippen LogP contribution in [-0.4, -0.2) is 19.2 Å². The Hall–Kier alpha value is -1.35. The van der Waals surface area contributed by atoms with Crippen molar-refractivity contribution in [3.05, 3.63) is 34.4 Å². The Kier molecular flexibility index (Phi) is 1.83. The normalized spacial score (nSPS) is 23.3. The molecule has 3 nitrogen and oxygen atoms in total. The minimum absolute atomic E-state index is 0.192. The fraction of sp³-hybridized carbons (Fsp3) is 0.417. The van der Waals surface area contributed by atoms with E-state index in [-0.39, 0.29) is 12.1 Å². The second-order valence-corrected chi connectivity index (χ2v) is 4.01. The Labute approximate surface area is 88.0 Å². The monoisotopic (exact) mass is 204 g/mol. The summed E-state index contributed by atoms with van der Waals surface area (Å²) in [5.74, 6) is -0.192. The average Bonchev–Trinajstić information content (AvgIpc) is 3.03. The van der Waals surface area contributed by atoms with Gasteiger partial charge >= 0.3 is 5.97 Å². The molecule has 0 spiro atoms. The van der Waals surface area contributed by atoms with E-state index in [0.29, 0.717) is 6.61 Å². The summed E-state index contributed by atoms with van der Waals surface area (Å²) in [6, 6.07) is 3.85. The van der Waals surface area contributed by atoms with E-state index in [1.165, 1.54) is 11.1 Å². The van der Waals surface area contributed by atoms with E-state index in [2.05, 4.69) is 6.92 Å². The lowest BCUT2D eigenvalue weighted by Gasteiger charge is -2.19. The third-order valence-electron chi connectivity index (χ3n) is 3.13. The summed E-state index contributed by atoms with van der Waals surface area (Å²) < 4.78 is 10.3. The summed E-state index contributed by atoms with van der Waals surface area (Å²) in [5, 5.41) is 0. The molecule has 15 heavy (non-hydrogen) atoms. The predicted octanol–water partition coefficient (Wildman–Crippen LogP) is 1.78. The number of carbonyl (C=O) groups excluding carboxylic acids is 1. The van der Waals surface area contributed by atoms with Crippen molar-refractivity contribution in [1.82, 2.24) is 0 Å². The topological polar surface area (TPSA) is 38.8 Å². The van der Waals surface area contributed by atoms with Gasteiger partial charge in [-0.1, -0.05) is 6.07 Å². The van der Waals surface area contributed by atoms with Gasteiger partial charge in [-0.05, 0) is 29.7 Å². The minimum atomic E-state index is -0.192. The van der Waals surface area contributed by atoms with Gasteiger partial charge in [-0.2, -0.15) is 0 Å². The molecule has 1 aromatic carbocycles. The van der Waals surface area contributed by atoms with Crippen LogP contribution in [0, 0.1) is 6.92 Å². The van der Waals surface area contributed by atoms with Crippen LogP contribution in [-0.2, 0) is 15.9 Å². The van der Waals surface area contributed by atoms with Crippen LogP contribution in [0.5, 0.6) is 0 Å². The molecule has 3 heteroatoms. The largest absolute Gasteiger partial charge is 0.462 e. The Balaban J connectivity index is 2.13. The highest BCUT2D eigenvalue weighted by Crippen LogP contribution is 2.35. The summed E-state index contributed by atoms with van der Waals surface area (Å²) in [7, 11) is 0. The van der Waals surface area contributed by atoms with Crippen molar-refractivity contribution in [3.8, 4) is 0 Å². The molecule has 2 aliphatic rings. The van der Waals surface area contributed by atoms with Crippen LogP contribution in [0.25, 0.3) is 0 Å². The van der Waals surface area contributed by atoms with Gasteiger partial charge in [0.05, 0.1) is 18.8 Å². The number of fused-ring (bicyclic) bond motifs is 1. The molecule has 78 valence electrons. The standard InChI is InChI=1S/C12H12O3/c1-7-8-4-5-14-12(13)10(8)3-2-9(7)11-6-15-11/h2-3,11H,4-6H2,1H3. The molecule has 0 bridgehead atoms. The molecular weight excluding hydrogens is 192 g/mol. The SMILES string of the molecule is Cc1c(C2CO2)ccc2c1CCOC2=O. The summed E-state index contributed by atoms with van der Waals surface area (Å²) in [4.78, 5) is 11.5. The van der Waals surface area contributed by atoms with E-state index in [9.17, 15) is 4.79 Å². The molecule has 1 unspecified atom stereocenters. The molecular formula is C12H12O3. The third-order valence-corrected chi connectivity index (χ3v) is 3.13. The highest BCUT2D eigenvalue weighted by atomic mass is 16.6. The number of rotatable bonds is 1. The van der Waals surface area contributed by atoms with E-state index >= 15 is 0 Å². The lowest BCUT2D eigenvalue weighted by molar-refractivity contribution is 0.0479. The van der Waals surface area contributed by atoms with Gasteiger partial charge in [-0.15, -0.1) is 0 Å². The van der Waals surface area contributed by atoms with E-state index < -0.39 is 0 Å². The highest BCUT2D eigenvalue weighted by molar-refractivity contribution is 5.92. The zero-order valence-corrected chi connectivity index (χ0v) is 8.58. The molecule has 0 aliphatic carbocycles. The molecule has 2 heterocycles. The van der Waals surface area contributed by atoms with E-state index in [1.807, 2.05) is 12.1 Å². The van der Waals surface area contributed by atoms with Gasteiger partial charge < -0.3 is 9.47 Å². The van der Waals surface area contributed by atoms with Gasteiger partial charge in [0.1, 0.15) is 6.10 Å². The molecule has 2 aliphatic heterocycles. The molecule has 0 amide bonds. The average molecular weight is 204 g/mol. The van der Waals surface area contributed by atoms with Gasteiger partial charge in [0.2, 0.25) is 0 Å². The molecule has 0 N–H and O–H groups in total. The molecule has 0 saturated carbocycles. The smallest absolute Gasteiger partial charge is 0.338 e. The van der Waals surface area contributed by atoms with E-state index in [0.717, 1.165) is 24.2 Å². The van der Waals surface area contributed by atoms with Crippen LogP contribution in [0.3, 0.4) is 0 Å². The second kappa shape index (κ2) is 3.07. The second-order valence-electron chi connectivity index (χ2n) is 4.01. The Bertz CT molecular complexity index is 433. The zero-order chi connectivity index (χ0) is 10.4. The molecule has 1 fully saturated rings. The Morgan fingerprint density at radius 1 is 1.40 bits per heavy atom. The maximum absolute atomic E-state index is 11.5. The molecule has 1 saturated heterocycles. The van der Waals surface area contributed by atoms with Gasteiger partial charge in [0, 0.05) is 6.42 Å². The molecule has 0 radical (unpaired) electrons. The van der Waals surface area contributed by atoms with E-state index in [4.69, 9.17) is 9.47 Å². The fourth-order valence-electron chi connectivity index (χ4n) is 2.19. The molecule has 3 rings (SSSR count). The lowest BCUT2D eigenvalue weighted by atomic mass is 9.92. The maximum Gasteiger partial charge on any atom is 0.338 e. The first-order valence-electron chi connectivity index (χ1n) is 5.18. The number of ether oxygens (including phenoxy) is 2. The van der Waals surface area contributed by atoms with Crippen molar-refractivity contribution < 1.29 is 14.3 Å². The van der Waals surface area contributed by atoms with Crippen molar-refractivity contribution in [2.24, 2.45) is 0 Å². The number of carbonyl (C=O) groups is 1. The number of benzene rings is 1. The number of hydrogen-bond acceptors (Lipinski definition) is 3. The first-order valence-corrected chi connectivity index (χ1v) is 5.18. The Morgan fingerprint density at radius 2 is 2.20 bits per heavy atom. The van der Waals surface area contributed by atoms with Gasteiger partial charge in [0.15, 0.2) is 0 Å². The van der Waals surface area contributed by atoms with Gasteiger partial charge in [-0.3, -0.25) is 0 Å². The fourth-order valence-corrected chi connectivity index (χ4v) is 2.19. The van der Waals surface area contributed by atoms with Crippen LogP contribution < -0.4 is 0 Å². The van der Waals surface area contributed by atoms with Crippen molar-refractivity contribution in [2.45, 2.75) is 19.4 Å². The van der Waals surface area contributed by atoms with Crippen molar-refractivity contribution >= 4 is 5.97 Å². The summed E-state index contributed by atoms with van der Waals surface area (Å²) in [5.41, 5.74) is 4.29. The first kappa shape index (κ1) is 8.92. The van der Waals surface area contributed by atoms with Crippen molar-refractivity contribution in [1.29, 1.82) is 0 Å². The number of esters is 1. The van der Waals surface area contributed by atoms with Crippen molar-refractivity contribution in [3.63, 3.8) is 0 Å². The first-order chi connectivity index (χ1) is 7.27. The van der Waals surface area contributed by atoms with Crippen molar-refractivity contribution in [2.75, 3.05) is 13.2 Å². The van der Waals surface area contributed by atoms with Gasteiger partial charge in [0.25, 0.3) is 0 Å². The van der Waals surface area contributed by atoms with Crippen LogP contribution in [0.2, 0.25) is 0 Å². The lowest BCUT2D eigenvalue weighted by Crippen LogP contribution is -2.19. The van der Waals surface area contributed by atoms with Crippen LogP contribution in [0.4, 0.5) is 0 Å². The third kappa shape index (κ3) is 1.35. The van der Waals surface area contributed by atoms with Crippen LogP contribution in [0.15, 0.2) is 12.1 Å². The van der Waals surface area contributed by atoms with Crippen LogP contribution in [0.1, 0.15) is 33.2 Å². The zero-order valence-electron chi connectivity index (χ0n) is 8.58. The number of hydrogen-bond donors (Lipinski definition) is 0. The summed E-state index contributed by atoms with van der Waals surface area (Å²) >= 11 is 0. The number of cyclic esters (lactones) is 1. The van der Waals surface area contributed by atoms with E-state index in [1.54, 1.807) is 0 Å². The highest BCUT2D eigenvalue weighted by Gasteiger charge is 2.29. The Morgan fingerprint density at radius 3 is 2.93 bits per heavy atom. The summed E-state index contributed by atoms with van der Waals surface area (Å²) in [6.07, 6.45) is 1.08.